The number of carbonyl (C=O) groups excluding carboxylic acids is 4. The second-order valence-electron chi connectivity index (χ2n) is 32.0. The summed E-state index contributed by atoms with van der Waals surface area (Å²) in [6.07, 6.45) is 65.0. The normalized spacial score (nSPS) is 13.9. The Morgan fingerprint density at radius 1 is 0.260 bits per heavy atom. The van der Waals surface area contributed by atoms with E-state index in [-0.39, 0.29) is 25.7 Å². The van der Waals surface area contributed by atoms with E-state index in [1.165, 1.54) is 257 Å². The van der Waals surface area contributed by atoms with Crippen LogP contribution in [-0.2, 0) is 65.4 Å². The molecule has 19 heteroatoms. The molecule has 0 heterocycles. The Hall–Kier alpha value is -1.94. The van der Waals surface area contributed by atoms with Crippen LogP contribution in [0.3, 0.4) is 0 Å². The van der Waals surface area contributed by atoms with Gasteiger partial charge in [-0.1, -0.05) is 395 Å². The number of aliphatic hydroxyl groups is 1. The predicted molar refractivity (Wildman–Crippen MR) is 428 cm³/mol. The van der Waals surface area contributed by atoms with Gasteiger partial charge in [0.05, 0.1) is 26.4 Å². The maximum atomic E-state index is 13.1. The van der Waals surface area contributed by atoms with Gasteiger partial charge in [0.1, 0.15) is 19.3 Å². The molecule has 17 nitrogen and oxygen atoms in total. The highest BCUT2D eigenvalue weighted by Gasteiger charge is 2.30. The molecule has 0 amide bonds. The molecule has 0 spiro atoms. The molecule has 0 aliphatic heterocycles. The fraction of sp³-hybridized carbons (Fsp3) is 0.953. The maximum absolute atomic E-state index is 13.1. The van der Waals surface area contributed by atoms with Gasteiger partial charge in [-0.05, 0) is 43.4 Å². The van der Waals surface area contributed by atoms with Crippen molar-refractivity contribution in [3.63, 3.8) is 0 Å². The zero-order valence-electron chi connectivity index (χ0n) is 68.5. The quantitative estimate of drug-likeness (QED) is 0.0222. The van der Waals surface area contributed by atoms with E-state index < -0.39 is 97.5 Å². The summed E-state index contributed by atoms with van der Waals surface area (Å²) in [5.74, 6) is 0.286. The monoisotopic (exact) mass is 1520 g/mol. The Balaban J connectivity index is 5.27. The van der Waals surface area contributed by atoms with E-state index in [9.17, 15) is 43.2 Å². The number of rotatable bonds is 83. The van der Waals surface area contributed by atoms with Gasteiger partial charge in [-0.3, -0.25) is 37.3 Å². The van der Waals surface area contributed by atoms with Crippen LogP contribution in [0.4, 0.5) is 0 Å². The van der Waals surface area contributed by atoms with Gasteiger partial charge in [-0.15, -0.1) is 0 Å². The highest BCUT2D eigenvalue weighted by molar-refractivity contribution is 7.47. The lowest BCUT2D eigenvalue weighted by Gasteiger charge is -2.21. The van der Waals surface area contributed by atoms with Crippen LogP contribution in [0, 0.1) is 17.8 Å². The van der Waals surface area contributed by atoms with Crippen LogP contribution in [0.2, 0.25) is 0 Å². The van der Waals surface area contributed by atoms with Gasteiger partial charge in [0.2, 0.25) is 0 Å². The van der Waals surface area contributed by atoms with Crippen LogP contribution in [0.1, 0.15) is 447 Å². The topological polar surface area (TPSA) is 237 Å². The molecule has 104 heavy (non-hydrogen) atoms. The van der Waals surface area contributed by atoms with Crippen molar-refractivity contribution < 1.29 is 80.2 Å². The van der Waals surface area contributed by atoms with Gasteiger partial charge in [0.15, 0.2) is 12.2 Å². The van der Waals surface area contributed by atoms with Crippen LogP contribution < -0.4 is 0 Å². The summed E-state index contributed by atoms with van der Waals surface area (Å²) in [7, 11) is -9.93. The van der Waals surface area contributed by atoms with E-state index in [0.717, 1.165) is 108 Å². The summed E-state index contributed by atoms with van der Waals surface area (Å²) < 4.78 is 68.9. The number of carbonyl (C=O) groups is 4. The number of phosphoric acid groups is 2. The number of hydrogen-bond acceptors (Lipinski definition) is 15. The lowest BCUT2D eigenvalue weighted by molar-refractivity contribution is -0.161. The summed E-state index contributed by atoms with van der Waals surface area (Å²) in [6.45, 7) is 12.0. The fourth-order valence-corrected chi connectivity index (χ4v) is 14.8. The largest absolute Gasteiger partial charge is 0.472 e. The van der Waals surface area contributed by atoms with Crippen LogP contribution >= 0.6 is 15.6 Å². The van der Waals surface area contributed by atoms with Crippen molar-refractivity contribution >= 4 is 39.5 Å². The van der Waals surface area contributed by atoms with Gasteiger partial charge in [0, 0.05) is 25.7 Å². The Bertz CT molecular complexity index is 2010. The molecule has 2 unspecified atom stereocenters. The molecular weight excluding hydrogens is 1350 g/mol. The van der Waals surface area contributed by atoms with Gasteiger partial charge in [-0.2, -0.15) is 0 Å². The van der Waals surface area contributed by atoms with E-state index in [1.807, 2.05) is 0 Å². The molecule has 0 aromatic carbocycles. The van der Waals surface area contributed by atoms with Crippen molar-refractivity contribution in [2.75, 3.05) is 39.6 Å². The average Bonchev–Trinajstić information content (AvgIpc) is 0.960. The minimum absolute atomic E-state index is 0.108. The lowest BCUT2D eigenvalue weighted by Crippen LogP contribution is -2.30. The molecule has 3 N–H and O–H groups in total. The first-order valence-electron chi connectivity index (χ1n) is 43.8. The summed E-state index contributed by atoms with van der Waals surface area (Å²) in [5, 5.41) is 10.7. The fourth-order valence-electron chi connectivity index (χ4n) is 13.2. The smallest absolute Gasteiger partial charge is 0.462 e. The van der Waals surface area contributed by atoms with Crippen molar-refractivity contribution in [3.05, 3.63) is 0 Å². The first-order chi connectivity index (χ1) is 50.2. The molecule has 0 bridgehead atoms. The minimum Gasteiger partial charge on any atom is -0.462 e. The first kappa shape index (κ1) is 102. The Kier molecular flexibility index (Phi) is 73.7. The van der Waals surface area contributed by atoms with E-state index in [4.69, 9.17) is 37.0 Å². The SMILES string of the molecule is CCCCCCCCCCCCCCCC(=O)OC[C@H](COP(=O)(O)OC[C@H](O)COP(=O)(O)OC[C@@H](COC(=O)CCCCCCCCCCCCCCCCC(C)C)OC(=O)CCCCCCCCCCCCCCCCCC(C)C)OC(=O)CCCCCCCCCCCCCCCC(C)C. The molecule has 0 fully saturated rings. The molecule has 0 saturated carbocycles. The molecule has 0 rings (SSSR count). The number of phosphoric ester groups is 2. The molecule has 0 aliphatic carbocycles. The van der Waals surface area contributed by atoms with Crippen molar-refractivity contribution in [2.45, 2.75) is 465 Å². The molecule has 0 saturated heterocycles. The van der Waals surface area contributed by atoms with Crippen LogP contribution in [-0.4, -0.2) is 96.7 Å². The van der Waals surface area contributed by atoms with Crippen LogP contribution in [0.5, 0.6) is 0 Å². The number of hydrogen-bond donors (Lipinski definition) is 3. The lowest BCUT2D eigenvalue weighted by atomic mass is 10.0. The van der Waals surface area contributed by atoms with E-state index in [1.54, 1.807) is 0 Å². The Morgan fingerprint density at radius 2 is 0.442 bits per heavy atom. The standard InChI is InChI=1S/C85H166O17P2/c1-8-9-10-11-12-13-14-21-31-38-45-52-59-66-82(87)95-72-80(102-85(90)69-62-55-48-41-34-27-20-24-30-37-44-51-58-65-78(6)7)74-99-103(91,92)97-70-79(86)71-98-104(93,94)100-75-81(73-96-83(88)67-60-53-46-39-32-25-19-18-23-29-36-43-50-57-64-77(4)5)101-84(89)68-61-54-47-40-33-26-17-15-16-22-28-35-42-49-56-63-76(2)3/h76-81,86H,8-75H2,1-7H3,(H,91,92)(H,93,94)/t79-,80+,81+/m0/s1. The van der Waals surface area contributed by atoms with Crippen molar-refractivity contribution in [2.24, 2.45) is 17.8 Å². The summed E-state index contributed by atoms with van der Waals surface area (Å²) in [6, 6.07) is 0. The summed E-state index contributed by atoms with van der Waals surface area (Å²) in [5.41, 5.74) is 0. The van der Waals surface area contributed by atoms with Crippen molar-refractivity contribution in [3.8, 4) is 0 Å². The number of aliphatic hydroxyl groups excluding tert-OH is 1. The molecule has 0 radical (unpaired) electrons. The van der Waals surface area contributed by atoms with Gasteiger partial charge < -0.3 is 33.8 Å². The summed E-state index contributed by atoms with van der Waals surface area (Å²) in [4.78, 5) is 73.2. The molecule has 0 aromatic heterocycles. The number of unbranched alkanes of at least 4 members (excludes halogenated alkanes) is 51. The number of esters is 4. The third-order valence-corrected chi connectivity index (χ3v) is 21.8. The zero-order valence-corrected chi connectivity index (χ0v) is 70.3. The second kappa shape index (κ2) is 75.1. The van der Waals surface area contributed by atoms with E-state index >= 15 is 0 Å². The third kappa shape index (κ3) is 78.2. The predicted octanol–water partition coefficient (Wildman–Crippen LogP) is 25.7. The zero-order chi connectivity index (χ0) is 76.5. The molecule has 0 aromatic rings. The maximum Gasteiger partial charge on any atom is 0.472 e. The van der Waals surface area contributed by atoms with Crippen LogP contribution in [0.25, 0.3) is 0 Å². The first-order valence-corrected chi connectivity index (χ1v) is 46.8. The minimum atomic E-state index is -4.97. The highest BCUT2D eigenvalue weighted by Crippen LogP contribution is 2.45. The van der Waals surface area contributed by atoms with E-state index in [2.05, 4.69) is 48.5 Å². The van der Waals surface area contributed by atoms with Gasteiger partial charge in [0.25, 0.3) is 0 Å². The van der Waals surface area contributed by atoms with Crippen molar-refractivity contribution in [1.29, 1.82) is 0 Å². The van der Waals surface area contributed by atoms with Gasteiger partial charge >= 0.3 is 39.5 Å². The van der Waals surface area contributed by atoms with E-state index in [0.29, 0.717) is 25.7 Å². The molecule has 5 atom stereocenters. The molecule has 0 aliphatic rings. The summed E-state index contributed by atoms with van der Waals surface area (Å²) >= 11 is 0. The van der Waals surface area contributed by atoms with Crippen molar-refractivity contribution in [1.82, 2.24) is 0 Å². The Labute approximate surface area is 638 Å². The third-order valence-electron chi connectivity index (χ3n) is 19.9. The second-order valence-corrected chi connectivity index (χ2v) is 34.9. The highest BCUT2D eigenvalue weighted by atomic mass is 31.2. The molecule has 618 valence electrons. The van der Waals surface area contributed by atoms with Crippen LogP contribution in [0.15, 0.2) is 0 Å². The Morgan fingerprint density at radius 3 is 0.654 bits per heavy atom. The average molecular weight is 1520 g/mol. The van der Waals surface area contributed by atoms with Gasteiger partial charge in [-0.25, -0.2) is 9.13 Å². The molecular formula is C85H166O17P2. The number of ether oxygens (including phenoxy) is 4.